The first-order valence-corrected chi connectivity index (χ1v) is 11.5. The topological polar surface area (TPSA) is 75.2 Å². The second kappa shape index (κ2) is 9.22. The Morgan fingerprint density at radius 1 is 1.03 bits per heavy atom. The molecule has 2 aliphatic rings. The van der Waals surface area contributed by atoms with E-state index >= 15 is 0 Å². The van der Waals surface area contributed by atoms with Crippen molar-refractivity contribution in [3.8, 4) is 0 Å². The van der Waals surface area contributed by atoms with Crippen molar-refractivity contribution in [3.05, 3.63) is 39.9 Å². The van der Waals surface area contributed by atoms with Gasteiger partial charge in [-0.15, -0.1) is 10.2 Å². The molecule has 2 heterocycles. The zero-order chi connectivity index (χ0) is 20.2. The fraction of sp³-hybridized carbons (Fsp3) is 0.524. The molecule has 1 aliphatic carbocycles. The Kier molecular flexibility index (Phi) is 6.45. The quantitative estimate of drug-likeness (QED) is 0.757. The van der Waals surface area contributed by atoms with Crippen LogP contribution in [0.2, 0.25) is 5.02 Å². The molecule has 4 rings (SSSR count). The third kappa shape index (κ3) is 4.78. The molecule has 6 nitrogen and oxygen atoms in total. The van der Waals surface area contributed by atoms with Crippen LogP contribution in [0.5, 0.6) is 0 Å². The molecule has 29 heavy (non-hydrogen) atoms. The first-order valence-electron chi connectivity index (χ1n) is 10.3. The highest BCUT2D eigenvalue weighted by Gasteiger charge is 2.29. The van der Waals surface area contributed by atoms with E-state index in [0.717, 1.165) is 5.01 Å². The van der Waals surface area contributed by atoms with E-state index in [-0.39, 0.29) is 17.7 Å². The summed E-state index contributed by atoms with van der Waals surface area (Å²) in [5.74, 6) is 0.273. The van der Waals surface area contributed by atoms with E-state index in [1.807, 2.05) is 12.1 Å². The monoisotopic (exact) mass is 432 g/mol. The lowest BCUT2D eigenvalue weighted by Gasteiger charge is -2.31. The molecule has 1 aromatic carbocycles. The maximum Gasteiger partial charge on any atom is 0.255 e. The van der Waals surface area contributed by atoms with Gasteiger partial charge < -0.3 is 10.2 Å². The van der Waals surface area contributed by atoms with Crippen LogP contribution in [0.15, 0.2) is 24.3 Å². The van der Waals surface area contributed by atoms with Crippen LogP contribution in [0.1, 0.15) is 66.2 Å². The highest BCUT2D eigenvalue weighted by Crippen LogP contribution is 2.35. The molecule has 154 valence electrons. The molecule has 2 fully saturated rings. The highest BCUT2D eigenvalue weighted by molar-refractivity contribution is 7.15. The number of hydrogen-bond donors (Lipinski definition) is 1. The van der Waals surface area contributed by atoms with Crippen LogP contribution in [0, 0.1) is 5.92 Å². The van der Waals surface area contributed by atoms with Crippen molar-refractivity contribution in [2.24, 2.45) is 5.92 Å². The number of aromatic nitrogens is 2. The van der Waals surface area contributed by atoms with Crippen LogP contribution in [0.25, 0.3) is 0 Å². The normalized spacial score (nSPS) is 18.6. The van der Waals surface area contributed by atoms with Crippen molar-refractivity contribution >= 4 is 39.9 Å². The first kappa shape index (κ1) is 20.3. The lowest BCUT2D eigenvalue weighted by atomic mass is 9.90. The van der Waals surface area contributed by atoms with Gasteiger partial charge in [-0.25, -0.2) is 0 Å². The number of carbonyl (C=O) groups excluding carboxylic acids is 2. The van der Waals surface area contributed by atoms with E-state index < -0.39 is 0 Å². The number of nitrogens with zero attached hydrogens (tertiary/aromatic N) is 3. The molecule has 2 aromatic rings. The van der Waals surface area contributed by atoms with Gasteiger partial charge in [-0.1, -0.05) is 54.3 Å². The highest BCUT2D eigenvalue weighted by atomic mass is 35.5. The maximum atomic E-state index is 12.7. The first-order chi connectivity index (χ1) is 14.1. The average Bonchev–Trinajstić information content (AvgIpc) is 3.23. The van der Waals surface area contributed by atoms with E-state index in [9.17, 15) is 9.59 Å². The smallest absolute Gasteiger partial charge is 0.255 e. The third-order valence-electron chi connectivity index (χ3n) is 5.88. The molecular weight excluding hydrogens is 408 g/mol. The fourth-order valence-corrected chi connectivity index (χ4v) is 5.29. The number of piperidine rings is 1. The van der Waals surface area contributed by atoms with Gasteiger partial charge in [0.05, 0.1) is 10.6 Å². The van der Waals surface area contributed by atoms with E-state index in [4.69, 9.17) is 11.6 Å². The minimum atomic E-state index is -0.118. The van der Waals surface area contributed by atoms with Gasteiger partial charge >= 0.3 is 0 Å². The number of nitrogens with one attached hydrogen (secondary N) is 1. The number of benzene rings is 1. The van der Waals surface area contributed by atoms with Crippen LogP contribution in [0.4, 0.5) is 5.13 Å². The van der Waals surface area contributed by atoms with Crippen molar-refractivity contribution in [1.29, 1.82) is 0 Å². The Morgan fingerprint density at radius 3 is 2.48 bits per heavy atom. The lowest BCUT2D eigenvalue weighted by Crippen LogP contribution is -2.41. The fourth-order valence-electron chi connectivity index (χ4n) is 4.16. The van der Waals surface area contributed by atoms with E-state index in [1.165, 1.54) is 43.4 Å². The number of likely N-dealkylation sites (tertiary alicyclic amines) is 1. The molecule has 8 heteroatoms. The van der Waals surface area contributed by atoms with Gasteiger partial charge in [0.1, 0.15) is 5.01 Å². The molecule has 0 radical (unpaired) electrons. The van der Waals surface area contributed by atoms with Crippen LogP contribution >= 0.6 is 22.9 Å². The van der Waals surface area contributed by atoms with Gasteiger partial charge in [0.2, 0.25) is 11.0 Å². The zero-order valence-electron chi connectivity index (χ0n) is 16.3. The number of amides is 2. The summed E-state index contributed by atoms with van der Waals surface area (Å²) in [6, 6.07) is 7.08. The summed E-state index contributed by atoms with van der Waals surface area (Å²) in [4.78, 5) is 27.1. The van der Waals surface area contributed by atoms with Crippen LogP contribution in [0.3, 0.4) is 0 Å². The molecule has 1 N–H and O–H groups in total. The number of hydrogen-bond acceptors (Lipinski definition) is 5. The summed E-state index contributed by atoms with van der Waals surface area (Å²) in [7, 11) is 0. The van der Waals surface area contributed by atoms with Crippen LogP contribution < -0.4 is 5.32 Å². The molecule has 1 aromatic heterocycles. The Labute approximate surface area is 179 Å². The number of carbonyl (C=O) groups is 2. The molecule has 1 saturated carbocycles. The van der Waals surface area contributed by atoms with Gasteiger partial charge in [-0.05, 0) is 37.8 Å². The average molecular weight is 433 g/mol. The van der Waals surface area contributed by atoms with E-state index in [2.05, 4.69) is 15.5 Å². The minimum absolute atomic E-state index is 0.0267. The van der Waals surface area contributed by atoms with Crippen molar-refractivity contribution in [2.75, 3.05) is 18.4 Å². The Morgan fingerprint density at radius 2 is 1.76 bits per heavy atom. The van der Waals surface area contributed by atoms with Gasteiger partial charge in [0.15, 0.2) is 0 Å². The summed E-state index contributed by atoms with van der Waals surface area (Å²) in [6.07, 6.45) is 7.40. The second-order valence-corrected chi connectivity index (χ2v) is 9.23. The minimum Gasteiger partial charge on any atom is -0.339 e. The SMILES string of the molecule is O=C(Nc1nnc(C2CCCCC2)s1)C1CCN(C(=O)c2ccccc2Cl)CC1. The molecular formula is C21H25ClN4O2S. The Balaban J connectivity index is 1.30. The maximum absolute atomic E-state index is 12.7. The zero-order valence-corrected chi connectivity index (χ0v) is 17.8. The molecule has 0 bridgehead atoms. The molecule has 0 unspecified atom stereocenters. The third-order valence-corrected chi connectivity index (χ3v) is 7.21. The predicted octanol–water partition coefficient (Wildman–Crippen LogP) is 4.73. The van der Waals surface area contributed by atoms with E-state index in [1.54, 1.807) is 17.0 Å². The summed E-state index contributed by atoms with van der Waals surface area (Å²) < 4.78 is 0. The van der Waals surface area contributed by atoms with Crippen LogP contribution in [-0.4, -0.2) is 40.0 Å². The van der Waals surface area contributed by atoms with E-state index in [0.29, 0.717) is 47.6 Å². The summed E-state index contributed by atoms with van der Waals surface area (Å²) in [5, 5.41) is 13.5. The summed E-state index contributed by atoms with van der Waals surface area (Å²) in [6.45, 7) is 1.09. The van der Waals surface area contributed by atoms with Crippen molar-refractivity contribution in [3.63, 3.8) is 0 Å². The Hall–Kier alpha value is -1.99. The lowest BCUT2D eigenvalue weighted by molar-refractivity contribution is -0.121. The Bertz CT molecular complexity index is 873. The van der Waals surface area contributed by atoms with Gasteiger partial charge in [-0.3, -0.25) is 9.59 Å². The van der Waals surface area contributed by atoms with Crippen molar-refractivity contribution in [1.82, 2.24) is 15.1 Å². The molecule has 1 saturated heterocycles. The van der Waals surface area contributed by atoms with Gasteiger partial charge in [0, 0.05) is 24.9 Å². The summed E-state index contributed by atoms with van der Waals surface area (Å²) in [5.41, 5.74) is 0.515. The molecule has 2 amide bonds. The molecule has 0 spiro atoms. The number of rotatable bonds is 4. The molecule has 0 atom stereocenters. The van der Waals surface area contributed by atoms with Gasteiger partial charge in [0.25, 0.3) is 5.91 Å². The predicted molar refractivity (Wildman–Crippen MR) is 114 cm³/mol. The molecule has 1 aliphatic heterocycles. The van der Waals surface area contributed by atoms with Gasteiger partial charge in [-0.2, -0.15) is 0 Å². The number of anilines is 1. The standard InChI is InChI=1S/C21H25ClN4O2S/c22-17-9-5-4-8-16(17)20(28)26-12-10-14(11-13-26)18(27)23-21-25-24-19(29-21)15-6-2-1-3-7-15/h4-5,8-9,14-15H,1-3,6-7,10-13H2,(H,23,25,27). The number of halogens is 1. The van der Waals surface area contributed by atoms with Crippen molar-refractivity contribution < 1.29 is 9.59 Å². The van der Waals surface area contributed by atoms with Crippen molar-refractivity contribution in [2.45, 2.75) is 50.9 Å². The largest absolute Gasteiger partial charge is 0.339 e. The van der Waals surface area contributed by atoms with Crippen LogP contribution in [-0.2, 0) is 4.79 Å². The second-order valence-electron chi connectivity index (χ2n) is 7.82. The summed E-state index contributed by atoms with van der Waals surface area (Å²) >= 11 is 7.65.